The first kappa shape index (κ1) is 11.5. The number of carboxylic acids is 1. The third-order valence-corrected chi connectivity index (χ3v) is 1.90. The molecule has 0 bridgehead atoms. The fraction of sp³-hybridized carbons (Fsp3) is 0.500. The molecule has 0 aliphatic carbocycles. The summed E-state index contributed by atoms with van der Waals surface area (Å²) in [6.45, 7) is 0. The Balaban J connectivity index is 4.17. The van der Waals surface area contributed by atoms with Gasteiger partial charge in [-0.05, 0) is 0 Å². The van der Waals surface area contributed by atoms with Crippen LogP contribution in [0.2, 0.25) is 0 Å². The van der Waals surface area contributed by atoms with Crippen molar-refractivity contribution in [3.63, 3.8) is 0 Å². The summed E-state index contributed by atoms with van der Waals surface area (Å²) in [7, 11) is 0. The molecule has 8 heteroatoms. The van der Waals surface area contributed by atoms with Gasteiger partial charge in [-0.3, -0.25) is 0 Å². The van der Waals surface area contributed by atoms with Crippen LogP contribution < -0.4 is 0 Å². The number of hydrogen-bond acceptors (Lipinski definition) is 6. The topological polar surface area (TPSA) is 121 Å². The average molecular weight is 280 g/mol. The van der Waals surface area contributed by atoms with E-state index in [1.165, 1.54) is 0 Å². The number of hydrogen-bond donors (Lipinski definition) is 3. The van der Waals surface area contributed by atoms with Gasteiger partial charge in [-0.25, -0.2) is 0 Å². The second-order valence-electron chi connectivity index (χ2n) is 1.76. The molecule has 0 amide bonds. The summed E-state index contributed by atoms with van der Waals surface area (Å²) in [4.78, 5) is 20.4. The summed E-state index contributed by atoms with van der Waals surface area (Å²) in [6.07, 6.45) is -4.42. The van der Waals surface area contributed by atoms with Crippen molar-refractivity contribution < 1.29 is 30.6 Å². The van der Waals surface area contributed by atoms with Crippen LogP contribution in [-0.2, 0) is 15.3 Å². The standard InChI is InChI=1S/C4H6O6.In.O/c5-1(3(7)8)2(6)4(9)10;;/h1-2,5-6H,(H,7,8)(H,9,10);;/q;+1;/p-1. The molecule has 2 atom stereocenters. The summed E-state index contributed by atoms with van der Waals surface area (Å²) < 4.78 is 13.7. The van der Waals surface area contributed by atoms with Crippen LogP contribution in [0, 0.1) is 0 Å². The van der Waals surface area contributed by atoms with Crippen molar-refractivity contribution in [2.45, 2.75) is 12.2 Å². The Morgan fingerprint density at radius 1 is 1.25 bits per heavy atom. The van der Waals surface area contributed by atoms with Crippen LogP contribution in [0.25, 0.3) is 0 Å². The van der Waals surface area contributed by atoms with Crippen LogP contribution in [0.4, 0.5) is 0 Å². The first-order valence-electron chi connectivity index (χ1n) is 2.73. The Morgan fingerprint density at radius 3 is 2.08 bits per heavy atom. The molecule has 3 N–H and O–H groups in total. The van der Waals surface area contributed by atoms with Gasteiger partial charge < -0.3 is 0 Å². The minimum atomic E-state index is -2.69. The van der Waals surface area contributed by atoms with Gasteiger partial charge in [-0.2, -0.15) is 0 Å². The SMILES string of the molecule is [O]=[In][O]C(=O)C(O)C(O)C(=O)O. The summed E-state index contributed by atoms with van der Waals surface area (Å²) in [5.41, 5.74) is 0. The van der Waals surface area contributed by atoms with Crippen LogP contribution in [0.3, 0.4) is 0 Å². The van der Waals surface area contributed by atoms with E-state index >= 15 is 0 Å². The quantitative estimate of drug-likeness (QED) is 0.512. The predicted molar refractivity (Wildman–Crippen MR) is 32.2 cm³/mol. The summed E-state index contributed by atoms with van der Waals surface area (Å²) in [6, 6.07) is 0. The summed E-state index contributed by atoms with van der Waals surface area (Å²) in [5.74, 6) is -3.13. The molecule has 7 nitrogen and oxygen atoms in total. The maximum atomic E-state index is 10.4. The van der Waals surface area contributed by atoms with Gasteiger partial charge in [0.25, 0.3) is 0 Å². The van der Waals surface area contributed by atoms with Crippen molar-refractivity contribution in [2.24, 2.45) is 0 Å². The van der Waals surface area contributed by atoms with E-state index in [1.54, 1.807) is 0 Å². The normalized spacial score (nSPS) is 14.2. The molecule has 0 saturated carbocycles. The van der Waals surface area contributed by atoms with Crippen LogP contribution >= 0.6 is 0 Å². The number of carbonyl (C=O) groups is 2. The van der Waals surface area contributed by atoms with E-state index in [-0.39, 0.29) is 0 Å². The van der Waals surface area contributed by atoms with Gasteiger partial charge >= 0.3 is 78.1 Å². The number of carbonyl (C=O) groups excluding carboxylic acids is 1. The fourth-order valence-electron chi connectivity index (χ4n) is 0.381. The van der Waals surface area contributed by atoms with Crippen molar-refractivity contribution in [1.29, 1.82) is 0 Å². The molecule has 2 unspecified atom stereocenters. The second-order valence-corrected chi connectivity index (χ2v) is 2.98. The van der Waals surface area contributed by atoms with Crippen molar-refractivity contribution >= 4 is 35.3 Å². The van der Waals surface area contributed by atoms with E-state index in [1.807, 2.05) is 0 Å². The molecule has 0 aromatic rings. The van der Waals surface area contributed by atoms with Crippen LogP contribution in [0.15, 0.2) is 0 Å². The van der Waals surface area contributed by atoms with Gasteiger partial charge in [0.05, 0.1) is 0 Å². The molecule has 0 aromatic carbocycles. The maximum absolute atomic E-state index is 10.4. The molecule has 0 saturated heterocycles. The zero-order chi connectivity index (χ0) is 9.72. The molecule has 0 radical (unpaired) electrons. The number of rotatable bonds is 4. The molecule has 0 fully saturated rings. The monoisotopic (exact) mass is 280 g/mol. The molecule has 0 spiro atoms. The Bertz CT molecular complexity index is 202. The van der Waals surface area contributed by atoms with Gasteiger partial charge in [-0.1, -0.05) is 0 Å². The van der Waals surface area contributed by atoms with Crippen LogP contribution in [0.5, 0.6) is 0 Å². The average Bonchev–Trinajstić information content (AvgIpc) is 2.02. The Kier molecular flexibility index (Phi) is 5.02. The first-order chi connectivity index (χ1) is 5.50. The van der Waals surface area contributed by atoms with E-state index in [4.69, 9.17) is 15.3 Å². The van der Waals surface area contributed by atoms with Crippen molar-refractivity contribution in [3.05, 3.63) is 0 Å². The zero-order valence-electron chi connectivity index (χ0n) is 5.71. The van der Waals surface area contributed by atoms with Crippen molar-refractivity contribution in [3.8, 4) is 0 Å². The number of aliphatic carboxylic acids is 1. The number of carboxylic acid groups (broad SMARTS) is 1. The second kappa shape index (κ2) is 5.22. The van der Waals surface area contributed by atoms with E-state index in [2.05, 4.69) is 2.85 Å². The van der Waals surface area contributed by atoms with E-state index in [0.717, 1.165) is 0 Å². The van der Waals surface area contributed by atoms with E-state index in [9.17, 15) is 12.4 Å². The van der Waals surface area contributed by atoms with Gasteiger partial charge in [-0.15, -0.1) is 0 Å². The molecule has 66 valence electrons. The molecular formula is C4H5InO7. The number of aliphatic hydroxyl groups is 2. The van der Waals surface area contributed by atoms with Gasteiger partial charge in [0.15, 0.2) is 0 Å². The molecule has 0 aromatic heterocycles. The summed E-state index contributed by atoms with van der Waals surface area (Å²) >= 11 is -2.69. The molecule has 0 aliphatic heterocycles. The Morgan fingerprint density at radius 2 is 1.75 bits per heavy atom. The molecule has 0 heterocycles. The van der Waals surface area contributed by atoms with Crippen molar-refractivity contribution in [1.82, 2.24) is 0 Å². The van der Waals surface area contributed by atoms with Crippen LogP contribution in [-0.4, -0.2) is 62.8 Å². The molecule has 0 rings (SSSR count). The minimum absolute atomic E-state index is 1.37. The number of aliphatic hydroxyl groups excluding tert-OH is 2. The van der Waals surface area contributed by atoms with Gasteiger partial charge in [0, 0.05) is 0 Å². The van der Waals surface area contributed by atoms with Gasteiger partial charge in [0.2, 0.25) is 0 Å². The Hall–Kier alpha value is -0.470. The molecular weight excluding hydrogens is 275 g/mol. The molecule has 12 heavy (non-hydrogen) atoms. The predicted octanol–water partition coefficient (Wildman–Crippen LogP) is -2.70. The van der Waals surface area contributed by atoms with E-state index in [0.29, 0.717) is 0 Å². The third kappa shape index (κ3) is 3.28. The first-order valence-corrected chi connectivity index (χ1v) is 5.43. The fourth-order valence-corrected chi connectivity index (χ4v) is 1.05. The third-order valence-electron chi connectivity index (χ3n) is 0.958. The zero-order valence-corrected chi connectivity index (χ0v) is 9.00. The van der Waals surface area contributed by atoms with Crippen molar-refractivity contribution in [2.75, 3.05) is 0 Å². The van der Waals surface area contributed by atoms with E-state index < -0.39 is 47.5 Å². The van der Waals surface area contributed by atoms with Crippen LogP contribution in [0.1, 0.15) is 0 Å². The summed E-state index contributed by atoms with van der Waals surface area (Å²) in [5, 5.41) is 25.3. The van der Waals surface area contributed by atoms with Gasteiger partial charge in [0.1, 0.15) is 0 Å². The molecule has 0 aliphatic rings. The Labute approximate surface area is 78.4 Å².